The average Bonchev–Trinajstić information content (AvgIpc) is 2.42. The second kappa shape index (κ2) is 6.14. The van der Waals surface area contributed by atoms with Crippen LogP contribution in [0.1, 0.15) is 42.5 Å². The quantitative estimate of drug-likeness (QED) is 0.883. The molecule has 0 amide bonds. The minimum atomic E-state index is -0.854. The van der Waals surface area contributed by atoms with E-state index in [4.69, 9.17) is 5.73 Å². The SMILES string of the molecule is CC(C)c1ccc(CC(N)c2cccc(F)c2F)cc1. The summed E-state index contributed by atoms with van der Waals surface area (Å²) < 4.78 is 26.9. The standard InChI is InChI=1S/C17H19F2N/c1-11(2)13-8-6-12(7-9-13)10-16(20)14-4-3-5-15(18)17(14)19/h3-9,11,16H,10,20H2,1-2H3. The van der Waals surface area contributed by atoms with Gasteiger partial charge in [-0.25, -0.2) is 8.78 Å². The summed E-state index contributed by atoms with van der Waals surface area (Å²) in [6.45, 7) is 4.26. The van der Waals surface area contributed by atoms with Crippen molar-refractivity contribution in [2.45, 2.75) is 32.2 Å². The maximum atomic E-state index is 13.7. The molecule has 20 heavy (non-hydrogen) atoms. The van der Waals surface area contributed by atoms with E-state index in [0.717, 1.165) is 11.6 Å². The Morgan fingerprint density at radius 1 is 1.00 bits per heavy atom. The Balaban J connectivity index is 2.15. The van der Waals surface area contributed by atoms with Crippen molar-refractivity contribution < 1.29 is 8.78 Å². The molecule has 2 aromatic carbocycles. The predicted molar refractivity (Wildman–Crippen MR) is 77.5 cm³/mol. The molecule has 0 aliphatic carbocycles. The zero-order valence-corrected chi connectivity index (χ0v) is 11.7. The van der Waals surface area contributed by atoms with Crippen molar-refractivity contribution in [1.82, 2.24) is 0 Å². The first kappa shape index (κ1) is 14.7. The number of hydrogen-bond donors (Lipinski definition) is 1. The highest BCUT2D eigenvalue weighted by molar-refractivity contribution is 5.28. The Kier molecular flexibility index (Phi) is 4.50. The fourth-order valence-corrected chi connectivity index (χ4v) is 2.21. The van der Waals surface area contributed by atoms with Crippen molar-refractivity contribution in [3.8, 4) is 0 Å². The van der Waals surface area contributed by atoms with Crippen molar-refractivity contribution >= 4 is 0 Å². The van der Waals surface area contributed by atoms with Gasteiger partial charge >= 0.3 is 0 Å². The molecule has 106 valence electrons. The lowest BCUT2D eigenvalue weighted by Crippen LogP contribution is -2.15. The first-order chi connectivity index (χ1) is 9.49. The minimum absolute atomic E-state index is 0.220. The van der Waals surface area contributed by atoms with Gasteiger partial charge in [0.1, 0.15) is 0 Å². The van der Waals surface area contributed by atoms with Crippen LogP contribution < -0.4 is 5.73 Å². The van der Waals surface area contributed by atoms with Crippen LogP contribution in [0.4, 0.5) is 8.78 Å². The Labute approximate surface area is 118 Å². The molecule has 2 N–H and O–H groups in total. The lowest BCUT2D eigenvalue weighted by Gasteiger charge is -2.14. The molecule has 1 unspecified atom stereocenters. The average molecular weight is 275 g/mol. The van der Waals surface area contributed by atoms with Crippen LogP contribution in [0.3, 0.4) is 0 Å². The van der Waals surface area contributed by atoms with Crippen molar-refractivity contribution in [3.05, 3.63) is 70.8 Å². The summed E-state index contributed by atoms with van der Waals surface area (Å²) in [5.74, 6) is -1.23. The minimum Gasteiger partial charge on any atom is -0.324 e. The van der Waals surface area contributed by atoms with E-state index >= 15 is 0 Å². The topological polar surface area (TPSA) is 26.0 Å². The Morgan fingerprint density at radius 3 is 2.25 bits per heavy atom. The van der Waals surface area contributed by atoms with E-state index in [9.17, 15) is 8.78 Å². The summed E-state index contributed by atoms with van der Waals surface area (Å²) in [4.78, 5) is 0. The second-order valence-electron chi connectivity index (χ2n) is 5.35. The number of nitrogens with two attached hydrogens (primary N) is 1. The molecule has 0 aliphatic heterocycles. The van der Waals surface area contributed by atoms with E-state index in [1.807, 2.05) is 12.1 Å². The number of hydrogen-bond acceptors (Lipinski definition) is 1. The van der Waals surface area contributed by atoms with Crippen LogP contribution in [0.15, 0.2) is 42.5 Å². The molecule has 3 heteroatoms. The largest absolute Gasteiger partial charge is 0.324 e. The molecule has 2 aromatic rings. The summed E-state index contributed by atoms with van der Waals surface area (Å²) in [5, 5.41) is 0. The zero-order valence-electron chi connectivity index (χ0n) is 11.7. The summed E-state index contributed by atoms with van der Waals surface area (Å²) in [5.41, 5.74) is 8.48. The molecule has 1 atom stereocenters. The van der Waals surface area contributed by atoms with Crippen molar-refractivity contribution in [3.63, 3.8) is 0 Å². The first-order valence-electron chi connectivity index (χ1n) is 6.77. The van der Waals surface area contributed by atoms with Crippen LogP contribution in [-0.4, -0.2) is 0 Å². The molecule has 0 heterocycles. The Morgan fingerprint density at radius 2 is 1.65 bits per heavy atom. The monoisotopic (exact) mass is 275 g/mol. The molecule has 0 aliphatic rings. The molecule has 2 rings (SSSR count). The molecular formula is C17H19F2N. The van der Waals surface area contributed by atoms with Gasteiger partial charge < -0.3 is 5.73 Å². The zero-order chi connectivity index (χ0) is 14.7. The van der Waals surface area contributed by atoms with Crippen molar-refractivity contribution in [2.75, 3.05) is 0 Å². The van der Waals surface area contributed by atoms with E-state index < -0.39 is 17.7 Å². The summed E-state index contributed by atoms with van der Waals surface area (Å²) in [6.07, 6.45) is 0.485. The van der Waals surface area contributed by atoms with Gasteiger partial charge in [-0.15, -0.1) is 0 Å². The van der Waals surface area contributed by atoms with Gasteiger partial charge in [0, 0.05) is 11.6 Å². The van der Waals surface area contributed by atoms with Gasteiger partial charge in [-0.05, 0) is 29.5 Å². The third kappa shape index (κ3) is 3.23. The molecular weight excluding hydrogens is 256 g/mol. The fourth-order valence-electron chi connectivity index (χ4n) is 2.21. The van der Waals surface area contributed by atoms with Gasteiger partial charge in [0.25, 0.3) is 0 Å². The molecule has 0 aromatic heterocycles. The third-order valence-corrected chi connectivity index (χ3v) is 3.48. The summed E-state index contributed by atoms with van der Waals surface area (Å²) >= 11 is 0. The van der Waals surface area contributed by atoms with Gasteiger partial charge in [-0.3, -0.25) is 0 Å². The summed E-state index contributed by atoms with van der Waals surface area (Å²) in [6, 6.07) is 11.7. The molecule has 0 spiro atoms. The van der Waals surface area contributed by atoms with Gasteiger partial charge in [-0.2, -0.15) is 0 Å². The number of benzene rings is 2. The van der Waals surface area contributed by atoms with Crippen LogP contribution in [0.5, 0.6) is 0 Å². The Hall–Kier alpha value is -1.74. The highest BCUT2D eigenvalue weighted by Crippen LogP contribution is 2.22. The van der Waals surface area contributed by atoms with Gasteiger partial charge in [-0.1, -0.05) is 50.2 Å². The van der Waals surface area contributed by atoms with Crippen LogP contribution >= 0.6 is 0 Å². The Bertz CT molecular complexity index is 576. The fraction of sp³-hybridized carbons (Fsp3) is 0.294. The highest BCUT2D eigenvalue weighted by Gasteiger charge is 2.15. The van der Waals surface area contributed by atoms with Crippen LogP contribution in [0.25, 0.3) is 0 Å². The molecule has 0 saturated heterocycles. The molecule has 0 fully saturated rings. The maximum Gasteiger partial charge on any atom is 0.163 e. The molecule has 1 nitrogen and oxygen atoms in total. The normalized spacial score (nSPS) is 12.7. The lowest BCUT2D eigenvalue weighted by atomic mass is 9.96. The van der Waals surface area contributed by atoms with E-state index in [1.54, 1.807) is 0 Å². The highest BCUT2D eigenvalue weighted by atomic mass is 19.2. The predicted octanol–water partition coefficient (Wildman–Crippen LogP) is 4.33. The van der Waals surface area contributed by atoms with E-state index in [1.165, 1.54) is 17.7 Å². The molecule has 0 saturated carbocycles. The first-order valence-corrected chi connectivity index (χ1v) is 6.77. The molecule has 0 radical (unpaired) electrons. The van der Waals surface area contributed by atoms with Gasteiger partial charge in [0.15, 0.2) is 11.6 Å². The smallest absolute Gasteiger partial charge is 0.163 e. The second-order valence-corrected chi connectivity index (χ2v) is 5.35. The van der Waals surface area contributed by atoms with E-state index in [-0.39, 0.29) is 5.56 Å². The molecule has 0 bridgehead atoms. The van der Waals surface area contributed by atoms with Crippen molar-refractivity contribution in [1.29, 1.82) is 0 Å². The lowest BCUT2D eigenvalue weighted by molar-refractivity contribution is 0.488. The van der Waals surface area contributed by atoms with Crippen LogP contribution in [-0.2, 0) is 6.42 Å². The van der Waals surface area contributed by atoms with E-state index in [2.05, 4.69) is 26.0 Å². The van der Waals surface area contributed by atoms with Crippen molar-refractivity contribution in [2.24, 2.45) is 5.73 Å². The summed E-state index contributed by atoms with van der Waals surface area (Å²) in [7, 11) is 0. The van der Waals surface area contributed by atoms with Crippen LogP contribution in [0.2, 0.25) is 0 Å². The third-order valence-electron chi connectivity index (χ3n) is 3.48. The van der Waals surface area contributed by atoms with E-state index in [0.29, 0.717) is 12.3 Å². The number of rotatable bonds is 4. The maximum absolute atomic E-state index is 13.7. The van der Waals surface area contributed by atoms with Crippen LogP contribution in [0, 0.1) is 11.6 Å². The van der Waals surface area contributed by atoms with Gasteiger partial charge in [0.2, 0.25) is 0 Å². The van der Waals surface area contributed by atoms with Gasteiger partial charge in [0.05, 0.1) is 0 Å². The number of halogens is 2.